The largest absolute Gasteiger partial charge is 0.486 e. The van der Waals surface area contributed by atoms with E-state index >= 15 is 0 Å². The van der Waals surface area contributed by atoms with E-state index in [9.17, 15) is 4.79 Å². The fraction of sp³-hybridized carbons (Fsp3) is 0.357. The van der Waals surface area contributed by atoms with Crippen LogP contribution in [-0.4, -0.2) is 17.2 Å². The summed E-state index contributed by atoms with van der Waals surface area (Å²) in [5, 5.41) is 8.83. The Morgan fingerprint density at radius 1 is 1.41 bits per heavy atom. The first-order chi connectivity index (χ1) is 8.25. The molecular formula is C14H16O3. The third-order valence-electron chi connectivity index (χ3n) is 2.80. The summed E-state index contributed by atoms with van der Waals surface area (Å²) >= 11 is 0. The molecule has 1 atom stereocenters. The van der Waals surface area contributed by atoms with E-state index in [-0.39, 0.29) is 12.5 Å². The summed E-state index contributed by atoms with van der Waals surface area (Å²) in [5.74, 6) is -0.147. The van der Waals surface area contributed by atoms with Crippen molar-refractivity contribution in [1.82, 2.24) is 0 Å². The lowest BCUT2D eigenvalue weighted by Crippen LogP contribution is -2.17. The van der Waals surface area contributed by atoms with E-state index in [4.69, 9.17) is 9.84 Å². The first-order valence-electron chi connectivity index (χ1n) is 5.89. The van der Waals surface area contributed by atoms with Crippen LogP contribution in [0.3, 0.4) is 0 Å². The lowest BCUT2D eigenvalue weighted by molar-refractivity contribution is -0.136. The zero-order valence-corrected chi connectivity index (χ0v) is 9.63. The molecule has 0 heterocycles. The second kappa shape index (κ2) is 5.53. The Bertz CT molecular complexity index is 423. The molecule has 0 spiro atoms. The normalized spacial score (nSPS) is 18.9. The van der Waals surface area contributed by atoms with Crippen LogP contribution in [0.4, 0.5) is 0 Å². The molecule has 1 aliphatic carbocycles. The lowest BCUT2D eigenvalue weighted by Gasteiger charge is -2.20. The minimum absolute atomic E-state index is 0.00656. The smallest absolute Gasteiger partial charge is 0.307 e. The highest BCUT2D eigenvalue weighted by Crippen LogP contribution is 2.23. The quantitative estimate of drug-likeness (QED) is 0.812. The van der Waals surface area contributed by atoms with Crippen LogP contribution >= 0.6 is 0 Å². The van der Waals surface area contributed by atoms with Crippen LogP contribution in [0.5, 0.6) is 5.75 Å². The van der Waals surface area contributed by atoms with Crippen molar-refractivity contribution in [2.75, 3.05) is 0 Å². The zero-order chi connectivity index (χ0) is 12.1. The summed E-state index contributed by atoms with van der Waals surface area (Å²) in [4.78, 5) is 10.7. The number of carboxylic acids is 1. The Labute approximate surface area is 101 Å². The second-order valence-electron chi connectivity index (χ2n) is 4.19. The van der Waals surface area contributed by atoms with Crippen molar-refractivity contribution in [2.45, 2.75) is 31.8 Å². The molecule has 1 N–H and O–H groups in total. The molecular weight excluding hydrogens is 216 g/mol. The van der Waals surface area contributed by atoms with Gasteiger partial charge < -0.3 is 9.84 Å². The van der Waals surface area contributed by atoms with Crippen LogP contribution in [-0.2, 0) is 11.2 Å². The van der Waals surface area contributed by atoms with Crippen molar-refractivity contribution in [3.8, 4) is 5.75 Å². The van der Waals surface area contributed by atoms with E-state index in [1.165, 1.54) is 0 Å². The van der Waals surface area contributed by atoms with Crippen molar-refractivity contribution < 1.29 is 14.6 Å². The third kappa shape index (κ3) is 3.34. The highest BCUT2D eigenvalue weighted by molar-refractivity contribution is 5.71. The molecule has 0 aliphatic heterocycles. The molecule has 17 heavy (non-hydrogen) atoms. The monoisotopic (exact) mass is 232 g/mol. The molecule has 1 unspecified atom stereocenters. The van der Waals surface area contributed by atoms with Gasteiger partial charge >= 0.3 is 5.97 Å². The number of ether oxygens (including phenoxy) is 1. The molecule has 0 saturated heterocycles. The number of aliphatic carboxylic acids is 1. The molecule has 3 heteroatoms. The van der Waals surface area contributed by atoms with E-state index in [0.717, 1.165) is 24.8 Å². The van der Waals surface area contributed by atoms with Gasteiger partial charge in [-0.3, -0.25) is 4.79 Å². The molecule has 2 rings (SSSR count). The molecule has 0 radical (unpaired) electrons. The van der Waals surface area contributed by atoms with Crippen LogP contribution in [0.25, 0.3) is 0 Å². The van der Waals surface area contributed by atoms with Gasteiger partial charge in [0.25, 0.3) is 0 Å². The Morgan fingerprint density at radius 3 is 2.94 bits per heavy atom. The maximum atomic E-state index is 10.7. The number of carbonyl (C=O) groups is 1. The molecule has 0 fully saturated rings. The number of para-hydroxylation sites is 1. The lowest BCUT2D eigenvalue weighted by atomic mass is 10.0. The van der Waals surface area contributed by atoms with Crippen LogP contribution in [0, 0.1) is 0 Å². The fourth-order valence-corrected chi connectivity index (χ4v) is 1.97. The number of hydrogen-bond acceptors (Lipinski definition) is 2. The van der Waals surface area contributed by atoms with E-state index in [0.29, 0.717) is 5.75 Å². The first kappa shape index (κ1) is 11.7. The van der Waals surface area contributed by atoms with Crippen molar-refractivity contribution in [3.05, 3.63) is 42.0 Å². The van der Waals surface area contributed by atoms with E-state index in [1.807, 2.05) is 18.2 Å². The molecule has 3 nitrogen and oxygen atoms in total. The first-order valence-corrected chi connectivity index (χ1v) is 5.89. The SMILES string of the molecule is O=C(O)Cc1ccccc1OC1C=CCCC1. The molecule has 0 saturated carbocycles. The fourth-order valence-electron chi connectivity index (χ4n) is 1.97. The van der Waals surface area contributed by atoms with Gasteiger partial charge in [0.1, 0.15) is 11.9 Å². The van der Waals surface area contributed by atoms with Crippen molar-refractivity contribution >= 4 is 5.97 Å². The van der Waals surface area contributed by atoms with Gasteiger partial charge in [0.05, 0.1) is 6.42 Å². The van der Waals surface area contributed by atoms with Crippen molar-refractivity contribution in [3.63, 3.8) is 0 Å². The van der Waals surface area contributed by atoms with Gasteiger partial charge in [-0.05, 0) is 31.4 Å². The number of benzene rings is 1. The average molecular weight is 232 g/mol. The summed E-state index contributed by atoms with van der Waals surface area (Å²) in [6, 6.07) is 7.34. The summed E-state index contributed by atoms with van der Waals surface area (Å²) < 4.78 is 5.84. The highest BCUT2D eigenvalue weighted by atomic mass is 16.5. The van der Waals surface area contributed by atoms with E-state index < -0.39 is 5.97 Å². The zero-order valence-electron chi connectivity index (χ0n) is 9.63. The number of rotatable bonds is 4. The highest BCUT2D eigenvalue weighted by Gasteiger charge is 2.13. The van der Waals surface area contributed by atoms with Gasteiger partial charge in [0, 0.05) is 5.56 Å². The molecule has 0 amide bonds. The predicted molar refractivity (Wildman–Crippen MR) is 65.2 cm³/mol. The average Bonchev–Trinajstić information content (AvgIpc) is 2.32. The van der Waals surface area contributed by atoms with Crippen LogP contribution in [0.1, 0.15) is 24.8 Å². The van der Waals surface area contributed by atoms with E-state index in [2.05, 4.69) is 12.2 Å². The molecule has 90 valence electrons. The number of carboxylic acid groups (broad SMARTS) is 1. The van der Waals surface area contributed by atoms with Gasteiger partial charge in [0.15, 0.2) is 0 Å². The summed E-state index contributed by atoms with van der Waals surface area (Å²) in [5.41, 5.74) is 0.735. The minimum atomic E-state index is -0.833. The van der Waals surface area contributed by atoms with Gasteiger partial charge in [-0.2, -0.15) is 0 Å². The second-order valence-corrected chi connectivity index (χ2v) is 4.19. The Morgan fingerprint density at radius 2 is 2.24 bits per heavy atom. The van der Waals surface area contributed by atoms with Gasteiger partial charge in [-0.1, -0.05) is 24.3 Å². The standard InChI is InChI=1S/C14H16O3/c15-14(16)10-11-6-4-5-9-13(11)17-12-7-2-1-3-8-12/h2,4-7,9,12H,1,3,8,10H2,(H,15,16). The summed E-state index contributed by atoms with van der Waals surface area (Å²) in [6.07, 6.45) is 7.50. The maximum Gasteiger partial charge on any atom is 0.307 e. The van der Waals surface area contributed by atoms with E-state index in [1.54, 1.807) is 6.07 Å². The van der Waals surface area contributed by atoms with Crippen LogP contribution in [0.15, 0.2) is 36.4 Å². The summed E-state index contributed by atoms with van der Waals surface area (Å²) in [7, 11) is 0. The Balaban J connectivity index is 2.11. The molecule has 1 aromatic carbocycles. The minimum Gasteiger partial charge on any atom is -0.486 e. The molecule has 1 aromatic rings. The van der Waals surface area contributed by atoms with Crippen molar-refractivity contribution in [1.29, 1.82) is 0 Å². The van der Waals surface area contributed by atoms with Gasteiger partial charge in [0.2, 0.25) is 0 Å². The van der Waals surface area contributed by atoms with Crippen LogP contribution < -0.4 is 4.74 Å². The predicted octanol–water partition coefficient (Wildman–Crippen LogP) is 2.80. The number of allylic oxidation sites excluding steroid dienone is 1. The number of hydrogen-bond donors (Lipinski definition) is 1. The molecule has 0 bridgehead atoms. The van der Waals surface area contributed by atoms with Gasteiger partial charge in [-0.25, -0.2) is 0 Å². The van der Waals surface area contributed by atoms with Crippen LogP contribution in [0.2, 0.25) is 0 Å². The van der Waals surface area contributed by atoms with Gasteiger partial charge in [-0.15, -0.1) is 0 Å². The Kier molecular flexibility index (Phi) is 3.81. The topological polar surface area (TPSA) is 46.5 Å². The third-order valence-corrected chi connectivity index (χ3v) is 2.80. The molecule has 0 aromatic heterocycles. The summed E-state index contributed by atoms with van der Waals surface area (Å²) in [6.45, 7) is 0. The Hall–Kier alpha value is -1.77. The maximum absolute atomic E-state index is 10.7. The van der Waals surface area contributed by atoms with Crippen molar-refractivity contribution in [2.24, 2.45) is 0 Å². The molecule has 1 aliphatic rings.